The summed E-state index contributed by atoms with van der Waals surface area (Å²) >= 11 is 0. The molecule has 0 saturated carbocycles. The summed E-state index contributed by atoms with van der Waals surface area (Å²) in [6.45, 7) is 3.95. The van der Waals surface area contributed by atoms with Crippen molar-refractivity contribution in [3.8, 4) is 5.75 Å². The fourth-order valence-corrected chi connectivity index (χ4v) is 4.45. The zero-order valence-electron chi connectivity index (χ0n) is 18.7. The van der Waals surface area contributed by atoms with E-state index in [-0.39, 0.29) is 17.7 Å². The van der Waals surface area contributed by atoms with E-state index in [4.69, 9.17) is 4.74 Å². The molecule has 2 aromatic rings. The summed E-state index contributed by atoms with van der Waals surface area (Å²) in [6, 6.07) is 9.63. The molecule has 2 saturated heterocycles. The molecule has 0 spiro atoms. The van der Waals surface area contributed by atoms with Crippen molar-refractivity contribution >= 4 is 17.8 Å². The summed E-state index contributed by atoms with van der Waals surface area (Å²) < 4.78 is 5.18. The van der Waals surface area contributed by atoms with E-state index < -0.39 is 0 Å². The first-order valence-electron chi connectivity index (χ1n) is 11.4. The number of piperazine rings is 1. The number of anilines is 1. The van der Waals surface area contributed by atoms with E-state index in [2.05, 4.69) is 14.9 Å². The van der Waals surface area contributed by atoms with Crippen LogP contribution < -0.4 is 9.64 Å². The van der Waals surface area contributed by atoms with Crippen molar-refractivity contribution < 1.29 is 14.3 Å². The Kier molecular flexibility index (Phi) is 7.19. The van der Waals surface area contributed by atoms with E-state index in [0.29, 0.717) is 51.5 Å². The fraction of sp³-hybridized carbons (Fsp3) is 0.500. The van der Waals surface area contributed by atoms with Crippen LogP contribution in [0.3, 0.4) is 0 Å². The number of methoxy groups -OCH3 is 1. The number of ether oxygens (including phenoxy) is 1. The van der Waals surface area contributed by atoms with Crippen LogP contribution in [0.1, 0.15) is 24.8 Å². The largest absolute Gasteiger partial charge is 0.497 e. The number of carbonyl (C=O) groups is 2. The van der Waals surface area contributed by atoms with Crippen LogP contribution in [-0.4, -0.2) is 78.0 Å². The number of aromatic nitrogens is 2. The monoisotopic (exact) mass is 437 g/mol. The van der Waals surface area contributed by atoms with Gasteiger partial charge < -0.3 is 19.4 Å². The number of carbonyl (C=O) groups excluding carboxylic acids is 2. The van der Waals surface area contributed by atoms with Crippen LogP contribution >= 0.6 is 0 Å². The van der Waals surface area contributed by atoms with Gasteiger partial charge in [-0.1, -0.05) is 12.1 Å². The van der Waals surface area contributed by atoms with Crippen molar-refractivity contribution in [2.75, 3.05) is 51.3 Å². The highest BCUT2D eigenvalue weighted by molar-refractivity contribution is 5.81. The minimum absolute atomic E-state index is 0.0371. The molecule has 1 aromatic heterocycles. The highest BCUT2D eigenvalue weighted by Gasteiger charge is 2.32. The SMILES string of the molecule is COc1ccc(CCC(=O)N2CCN(C(=O)C3CCCN(c4ncccn4)C3)CC2)cc1. The first kappa shape index (κ1) is 22.0. The maximum absolute atomic E-state index is 13.1. The first-order valence-corrected chi connectivity index (χ1v) is 11.4. The third-order valence-corrected chi connectivity index (χ3v) is 6.34. The number of rotatable bonds is 6. The second-order valence-electron chi connectivity index (χ2n) is 8.39. The molecule has 32 heavy (non-hydrogen) atoms. The lowest BCUT2D eigenvalue weighted by molar-refractivity contribution is -0.142. The standard InChI is InChI=1S/C24H31N5O3/c1-32-21-8-5-19(6-9-21)7-10-22(30)27-14-16-28(17-15-27)23(31)20-4-2-13-29(18-20)24-25-11-3-12-26-24/h3,5-6,8-9,11-12,20H,2,4,7,10,13-18H2,1H3. The Bertz CT molecular complexity index is 898. The van der Waals surface area contributed by atoms with Gasteiger partial charge in [0.2, 0.25) is 17.8 Å². The minimum atomic E-state index is -0.0371. The van der Waals surface area contributed by atoms with E-state index in [0.717, 1.165) is 30.7 Å². The number of piperidine rings is 1. The van der Waals surface area contributed by atoms with Crippen LogP contribution in [0.2, 0.25) is 0 Å². The molecule has 2 aliphatic heterocycles. The van der Waals surface area contributed by atoms with Gasteiger partial charge in [-0.25, -0.2) is 9.97 Å². The van der Waals surface area contributed by atoms with E-state index in [1.807, 2.05) is 34.1 Å². The molecule has 8 nitrogen and oxygen atoms in total. The summed E-state index contributed by atoms with van der Waals surface area (Å²) in [4.78, 5) is 40.3. The number of hydrogen-bond acceptors (Lipinski definition) is 6. The van der Waals surface area contributed by atoms with Gasteiger partial charge in [0.1, 0.15) is 5.75 Å². The Hall–Kier alpha value is -3.16. The highest BCUT2D eigenvalue weighted by Crippen LogP contribution is 2.22. The Morgan fingerprint density at radius 2 is 1.69 bits per heavy atom. The van der Waals surface area contributed by atoms with Gasteiger partial charge in [-0.3, -0.25) is 9.59 Å². The van der Waals surface area contributed by atoms with Crippen LogP contribution in [0.15, 0.2) is 42.7 Å². The normalized spacial score (nSPS) is 19.0. The Morgan fingerprint density at radius 3 is 2.38 bits per heavy atom. The maximum Gasteiger partial charge on any atom is 0.227 e. The third kappa shape index (κ3) is 5.36. The van der Waals surface area contributed by atoms with Gasteiger partial charge in [0, 0.05) is 58.1 Å². The zero-order chi connectivity index (χ0) is 22.3. The second-order valence-corrected chi connectivity index (χ2v) is 8.39. The fourth-order valence-electron chi connectivity index (χ4n) is 4.45. The van der Waals surface area contributed by atoms with Crippen LogP contribution in [-0.2, 0) is 16.0 Å². The molecular formula is C24H31N5O3. The molecule has 0 N–H and O–H groups in total. The van der Waals surface area contributed by atoms with E-state index in [1.165, 1.54) is 0 Å². The molecule has 0 bridgehead atoms. The number of benzene rings is 1. The van der Waals surface area contributed by atoms with Gasteiger partial charge >= 0.3 is 0 Å². The van der Waals surface area contributed by atoms with Crippen LogP contribution in [0.5, 0.6) is 5.75 Å². The van der Waals surface area contributed by atoms with Gasteiger partial charge in [-0.15, -0.1) is 0 Å². The quantitative estimate of drug-likeness (QED) is 0.688. The lowest BCUT2D eigenvalue weighted by Gasteiger charge is -2.39. The molecular weight excluding hydrogens is 406 g/mol. The molecule has 2 fully saturated rings. The van der Waals surface area contributed by atoms with Gasteiger partial charge in [-0.05, 0) is 43.0 Å². The number of nitrogens with zero attached hydrogens (tertiary/aromatic N) is 5. The number of hydrogen-bond donors (Lipinski definition) is 0. The lowest BCUT2D eigenvalue weighted by Crippen LogP contribution is -2.53. The predicted octanol–water partition coefficient (Wildman–Crippen LogP) is 2.01. The number of aryl methyl sites for hydroxylation is 1. The number of amides is 2. The molecule has 0 aliphatic carbocycles. The van der Waals surface area contributed by atoms with Gasteiger partial charge in [-0.2, -0.15) is 0 Å². The summed E-state index contributed by atoms with van der Waals surface area (Å²) in [5.41, 5.74) is 1.12. The minimum Gasteiger partial charge on any atom is -0.497 e. The molecule has 1 atom stereocenters. The van der Waals surface area contributed by atoms with Gasteiger partial charge in [0.25, 0.3) is 0 Å². The third-order valence-electron chi connectivity index (χ3n) is 6.34. The summed E-state index contributed by atoms with van der Waals surface area (Å²) in [5, 5.41) is 0. The van der Waals surface area contributed by atoms with Gasteiger partial charge in [0.15, 0.2) is 0 Å². The molecule has 2 amide bonds. The molecule has 3 heterocycles. The van der Waals surface area contributed by atoms with Crippen molar-refractivity contribution in [3.63, 3.8) is 0 Å². The van der Waals surface area contributed by atoms with Crippen molar-refractivity contribution in [2.24, 2.45) is 5.92 Å². The summed E-state index contributed by atoms with van der Waals surface area (Å²) in [7, 11) is 1.64. The molecule has 2 aliphatic rings. The molecule has 0 radical (unpaired) electrons. The second kappa shape index (κ2) is 10.4. The Morgan fingerprint density at radius 1 is 1.00 bits per heavy atom. The Labute approximate surface area is 189 Å². The summed E-state index contributed by atoms with van der Waals surface area (Å²) in [6.07, 6.45) is 6.51. The zero-order valence-corrected chi connectivity index (χ0v) is 18.7. The van der Waals surface area contributed by atoms with Crippen LogP contribution in [0.4, 0.5) is 5.95 Å². The predicted molar refractivity (Wildman–Crippen MR) is 121 cm³/mol. The average molecular weight is 438 g/mol. The maximum atomic E-state index is 13.1. The smallest absolute Gasteiger partial charge is 0.227 e. The van der Waals surface area contributed by atoms with Crippen molar-refractivity contribution in [1.82, 2.24) is 19.8 Å². The van der Waals surface area contributed by atoms with E-state index in [1.54, 1.807) is 25.6 Å². The van der Waals surface area contributed by atoms with Crippen molar-refractivity contribution in [1.29, 1.82) is 0 Å². The van der Waals surface area contributed by atoms with Crippen LogP contribution in [0, 0.1) is 5.92 Å². The van der Waals surface area contributed by atoms with Gasteiger partial charge in [0.05, 0.1) is 13.0 Å². The Balaban J connectivity index is 1.23. The lowest BCUT2D eigenvalue weighted by atomic mass is 9.96. The highest BCUT2D eigenvalue weighted by atomic mass is 16.5. The topological polar surface area (TPSA) is 78.9 Å². The molecule has 8 heteroatoms. The van der Waals surface area contributed by atoms with Crippen molar-refractivity contribution in [2.45, 2.75) is 25.7 Å². The summed E-state index contributed by atoms with van der Waals surface area (Å²) in [5.74, 6) is 1.81. The molecule has 170 valence electrons. The van der Waals surface area contributed by atoms with Crippen molar-refractivity contribution in [3.05, 3.63) is 48.3 Å². The molecule has 1 unspecified atom stereocenters. The van der Waals surface area contributed by atoms with E-state index >= 15 is 0 Å². The first-order chi connectivity index (χ1) is 15.6. The molecule has 1 aromatic carbocycles. The molecule has 4 rings (SSSR count). The van der Waals surface area contributed by atoms with Crippen LogP contribution in [0.25, 0.3) is 0 Å². The average Bonchev–Trinajstić information content (AvgIpc) is 2.88. The van der Waals surface area contributed by atoms with E-state index in [9.17, 15) is 9.59 Å².